The molecule has 1 saturated carbocycles. The predicted octanol–water partition coefficient (Wildman–Crippen LogP) is 1.94. The molecule has 1 heterocycles. The lowest BCUT2D eigenvalue weighted by Gasteiger charge is -1.96. The van der Waals surface area contributed by atoms with E-state index in [9.17, 15) is 0 Å². The molecule has 68 valence electrons. The Balaban J connectivity index is 1.89. The van der Waals surface area contributed by atoms with Gasteiger partial charge in [0.05, 0.1) is 0 Å². The number of hydrazone groups is 1. The van der Waals surface area contributed by atoms with E-state index in [-0.39, 0.29) is 0 Å². The molecular weight excluding hydrogens is 188 g/mol. The van der Waals surface area contributed by atoms with Crippen molar-refractivity contribution in [3.05, 3.63) is 17.3 Å². The summed E-state index contributed by atoms with van der Waals surface area (Å²) in [7, 11) is 0. The molecule has 0 amide bonds. The van der Waals surface area contributed by atoms with Gasteiger partial charge in [0.2, 0.25) is 0 Å². The van der Waals surface area contributed by atoms with E-state index >= 15 is 0 Å². The van der Waals surface area contributed by atoms with Crippen molar-refractivity contribution in [2.45, 2.75) is 12.8 Å². The molecule has 0 saturated heterocycles. The van der Waals surface area contributed by atoms with Gasteiger partial charge in [-0.1, -0.05) is 11.6 Å². The lowest BCUT2D eigenvalue weighted by molar-refractivity contribution is 1.02. The topological polar surface area (TPSA) is 50.2 Å². The van der Waals surface area contributed by atoms with Gasteiger partial charge >= 0.3 is 0 Å². The maximum absolute atomic E-state index is 5.57. The first-order valence-electron chi connectivity index (χ1n) is 4.13. The van der Waals surface area contributed by atoms with Crippen LogP contribution in [-0.2, 0) is 0 Å². The second kappa shape index (κ2) is 3.70. The summed E-state index contributed by atoms with van der Waals surface area (Å²) in [4.78, 5) is 0. The summed E-state index contributed by atoms with van der Waals surface area (Å²) in [6.45, 7) is 0. The molecule has 1 aromatic rings. The third kappa shape index (κ3) is 2.66. The fraction of sp³-hybridized carbons (Fsp3) is 0.375. The predicted molar refractivity (Wildman–Crippen MR) is 51.9 cm³/mol. The lowest BCUT2D eigenvalue weighted by Crippen LogP contribution is -1.94. The van der Waals surface area contributed by atoms with Gasteiger partial charge in [0.25, 0.3) is 0 Å². The van der Waals surface area contributed by atoms with Crippen molar-refractivity contribution in [2.75, 3.05) is 5.43 Å². The number of hydrogen-bond donors (Lipinski definition) is 1. The average Bonchev–Trinajstić information content (AvgIpc) is 2.92. The van der Waals surface area contributed by atoms with Crippen molar-refractivity contribution in [1.82, 2.24) is 10.2 Å². The molecule has 0 aliphatic heterocycles. The van der Waals surface area contributed by atoms with E-state index in [2.05, 4.69) is 20.7 Å². The summed E-state index contributed by atoms with van der Waals surface area (Å²) in [6.07, 6.45) is 4.39. The van der Waals surface area contributed by atoms with E-state index in [0.717, 1.165) is 0 Å². The highest BCUT2D eigenvalue weighted by Gasteiger charge is 2.18. The molecule has 0 bridgehead atoms. The number of rotatable bonds is 3. The minimum atomic E-state index is 0.386. The highest BCUT2D eigenvalue weighted by Crippen LogP contribution is 2.26. The number of aromatic nitrogens is 2. The van der Waals surface area contributed by atoms with Crippen molar-refractivity contribution in [3.63, 3.8) is 0 Å². The van der Waals surface area contributed by atoms with Gasteiger partial charge in [-0.15, -0.1) is 10.2 Å². The third-order valence-electron chi connectivity index (χ3n) is 1.72. The summed E-state index contributed by atoms with van der Waals surface area (Å²) in [5.74, 6) is 1.27. The van der Waals surface area contributed by atoms with Crippen molar-refractivity contribution >= 4 is 23.6 Å². The summed E-state index contributed by atoms with van der Waals surface area (Å²) in [5.41, 5.74) is 2.78. The molecule has 5 heteroatoms. The van der Waals surface area contributed by atoms with Gasteiger partial charge in [0.1, 0.15) is 0 Å². The molecule has 0 radical (unpaired) electrons. The van der Waals surface area contributed by atoms with Crippen LogP contribution in [0.3, 0.4) is 0 Å². The van der Waals surface area contributed by atoms with Crippen LogP contribution in [0.2, 0.25) is 5.15 Å². The van der Waals surface area contributed by atoms with Gasteiger partial charge in [0, 0.05) is 6.21 Å². The zero-order valence-corrected chi connectivity index (χ0v) is 7.70. The molecule has 1 aliphatic rings. The fourth-order valence-corrected chi connectivity index (χ4v) is 0.931. The van der Waals surface area contributed by atoms with Crippen molar-refractivity contribution in [2.24, 2.45) is 11.0 Å². The molecular formula is C8H9ClN4. The number of anilines is 1. The van der Waals surface area contributed by atoms with Crippen LogP contribution in [-0.4, -0.2) is 16.4 Å². The highest BCUT2D eigenvalue weighted by atomic mass is 35.5. The Bertz CT molecular complexity index is 304. The van der Waals surface area contributed by atoms with E-state index in [1.807, 2.05) is 6.21 Å². The van der Waals surface area contributed by atoms with E-state index in [1.54, 1.807) is 12.1 Å². The summed E-state index contributed by atoms with van der Waals surface area (Å²) >= 11 is 5.57. The van der Waals surface area contributed by atoms with Crippen LogP contribution in [0.4, 0.5) is 5.82 Å². The normalized spacial score (nSPS) is 16.4. The second-order valence-corrected chi connectivity index (χ2v) is 3.36. The van der Waals surface area contributed by atoms with Crippen LogP contribution in [0.15, 0.2) is 17.2 Å². The van der Waals surface area contributed by atoms with Gasteiger partial charge in [-0.2, -0.15) is 5.10 Å². The number of hydrogen-bond acceptors (Lipinski definition) is 4. The molecule has 2 rings (SSSR count). The van der Waals surface area contributed by atoms with Gasteiger partial charge in [-0.3, -0.25) is 5.43 Å². The van der Waals surface area contributed by atoms with Crippen molar-refractivity contribution in [1.29, 1.82) is 0 Å². The molecule has 0 aromatic carbocycles. The van der Waals surface area contributed by atoms with Gasteiger partial charge < -0.3 is 0 Å². The standard InChI is InChI=1S/C8H9ClN4/c9-7-3-4-8(13-11-7)12-10-5-6-1-2-6/h3-6H,1-2H2,(H,12,13)/b10-5+. The monoisotopic (exact) mass is 196 g/mol. The van der Waals surface area contributed by atoms with Crippen LogP contribution in [0.5, 0.6) is 0 Å². The van der Waals surface area contributed by atoms with E-state index in [4.69, 9.17) is 11.6 Å². The van der Waals surface area contributed by atoms with E-state index < -0.39 is 0 Å². The van der Waals surface area contributed by atoms with Crippen LogP contribution < -0.4 is 5.43 Å². The largest absolute Gasteiger partial charge is 0.260 e. The molecule has 1 N–H and O–H groups in total. The first-order chi connectivity index (χ1) is 6.34. The summed E-state index contributed by atoms with van der Waals surface area (Å²) < 4.78 is 0. The minimum absolute atomic E-state index is 0.386. The molecule has 1 aliphatic carbocycles. The first-order valence-corrected chi connectivity index (χ1v) is 4.51. The zero-order chi connectivity index (χ0) is 9.10. The van der Waals surface area contributed by atoms with E-state index in [0.29, 0.717) is 16.9 Å². The SMILES string of the molecule is Clc1ccc(N/N=C/C2CC2)nn1. The molecule has 0 atom stereocenters. The van der Waals surface area contributed by atoms with Crippen LogP contribution in [0.1, 0.15) is 12.8 Å². The third-order valence-corrected chi connectivity index (χ3v) is 1.92. The molecule has 0 spiro atoms. The van der Waals surface area contributed by atoms with Crippen LogP contribution in [0, 0.1) is 5.92 Å². The quantitative estimate of drug-likeness (QED) is 0.594. The average molecular weight is 197 g/mol. The van der Waals surface area contributed by atoms with Gasteiger partial charge in [0.15, 0.2) is 11.0 Å². The van der Waals surface area contributed by atoms with Crippen LogP contribution in [0.25, 0.3) is 0 Å². The van der Waals surface area contributed by atoms with Crippen molar-refractivity contribution in [3.8, 4) is 0 Å². The smallest absolute Gasteiger partial charge is 0.168 e. The zero-order valence-electron chi connectivity index (χ0n) is 6.94. The first kappa shape index (κ1) is 8.44. The van der Waals surface area contributed by atoms with Gasteiger partial charge in [-0.05, 0) is 30.9 Å². The number of nitrogens with zero attached hydrogens (tertiary/aromatic N) is 3. The minimum Gasteiger partial charge on any atom is -0.260 e. The Hall–Kier alpha value is -1.16. The molecule has 1 aromatic heterocycles. The Morgan fingerprint density at radius 3 is 2.92 bits per heavy atom. The maximum Gasteiger partial charge on any atom is 0.168 e. The second-order valence-electron chi connectivity index (χ2n) is 2.97. The van der Waals surface area contributed by atoms with E-state index in [1.165, 1.54) is 12.8 Å². The fourth-order valence-electron chi connectivity index (χ4n) is 0.830. The Kier molecular flexibility index (Phi) is 2.40. The number of nitrogens with one attached hydrogen (secondary N) is 1. The molecule has 0 unspecified atom stereocenters. The molecule has 1 fully saturated rings. The van der Waals surface area contributed by atoms with Crippen LogP contribution >= 0.6 is 11.6 Å². The molecule has 4 nitrogen and oxygen atoms in total. The highest BCUT2D eigenvalue weighted by molar-refractivity contribution is 6.29. The van der Waals surface area contributed by atoms with Gasteiger partial charge in [-0.25, -0.2) is 0 Å². The Morgan fingerprint density at radius 1 is 1.46 bits per heavy atom. The lowest BCUT2D eigenvalue weighted by atomic mass is 10.5. The summed E-state index contributed by atoms with van der Waals surface area (Å²) in [5, 5.41) is 11.9. The number of halogens is 1. The Morgan fingerprint density at radius 2 is 2.31 bits per heavy atom. The Labute approximate surface area is 81.0 Å². The summed E-state index contributed by atoms with van der Waals surface area (Å²) in [6, 6.07) is 3.41. The molecule has 13 heavy (non-hydrogen) atoms. The van der Waals surface area contributed by atoms with Crippen molar-refractivity contribution < 1.29 is 0 Å². The maximum atomic E-state index is 5.57.